The van der Waals surface area contributed by atoms with Gasteiger partial charge in [0, 0.05) is 24.8 Å². The largest absolute Gasteiger partial charge is 0.393 e. The number of H-pyrrole nitrogens is 1. The number of morpholine rings is 1. The van der Waals surface area contributed by atoms with Gasteiger partial charge in [0.2, 0.25) is 5.95 Å². The molecule has 7 nitrogen and oxygen atoms in total. The molecule has 0 aromatic carbocycles. The van der Waals surface area contributed by atoms with Gasteiger partial charge >= 0.3 is 0 Å². The Morgan fingerprint density at radius 3 is 2.71 bits per heavy atom. The molecular weight excluding hydrogens is 306 g/mol. The third kappa shape index (κ3) is 3.18. The Hall–Kier alpha value is -1.86. The normalized spacial score (nSPS) is 25.2. The van der Waals surface area contributed by atoms with Crippen LogP contribution in [0.3, 0.4) is 0 Å². The van der Waals surface area contributed by atoms with E-state index in [9.17, 15) is 5.11 Å². The quantitative estimate of drug-likeness (QED) is 0.795. The molecule has 1 aliphatic carbocycles. The lowest BCUT2D eigenvalue weighted by Crippen LogP contribution is -2.37. The first kappa shape index (κ1) is 15.7. The van der Waals surface area contributed by atoms with E-state index in [1.165, 1.54) is 0 Å². The van der Waals surface area contributed by atoms with E-state index < -0.39 is 0 Å². The second-order valence-electron chi connectivity index (χ2n) is 6.84. The highest BCUT2D eigenvalue weighted by Gasteiger charge is 2.22. The van der Waals surface area contributed by atoms with Crippen molar-refractivity contribution in [3.05, 3.63) is 11.8 Å². The van der Waals surface area contributed by atoms with Crippen LogP contribution in [0.2, 0.25) is 0 Å². The molecule has 2 fully saturated rings. The SMILES string of the molecule is Cc1cc2c(NC3CCC(O)CC3)nc(N3CCOCC3)nc2[nH]1. The molecule has 1 saturated heterocycles. The van der Waals surface area contributed by atoms with Crippen molar-refractivity contribution in [3.63, 3.8) is 0 Å². The van der Waals surface area contributed by atoms with Crippen LogP contribution in [0.4, 0.5) is 11.8 Å². The number of ether oxygens (including phenoxy) is 1. The molecule has 0 amide bonds. The van der Waals surface area contributed by atoms with Crippen LogP contribution >= 0.6 is 0 Å². The number of aromatic amines is 1. The molecule has 2 aliphatic rings. The maximum atomic E-state index is 9.71. The monoisotopic (exact) mass is 331 g/mol. The van der Waals surface area contributed by atoms with E-state index in [4.69, 9.17) is 14.7 Å². The Kier molecular flexibility index (Phi) is 4.28. The van der Waals surface area contributed by atoms with Gasteiger partial charge in [-0.1, -0.05) is 0 Å². The summed E-state index contributed by atoms with van der Waals surface area (Å²) in [6.07, 6.45) is 3.51. The van der Waals surface area contributed by atoms with Crippen molar-refractivity contribution in [2.24, 2.45) is 0 Å². The summed E-state index contributed by atoms with van der Waals surface area (Å²) in [5.41, 5.74) is 1.96. The molecule has 24 heavy (non-hydrogen) atoms. The predicted molar refractivity (Wildman–Crippen MR) is 93.5 cm³/mol. The molecule has 7 heteroatoms. The summed E-state index contributed by atoms with van der Waals surface area (Å²) >= 11 is 0. The van der Waals surface area contributed by atoms with E-state index in [-0.39, 0.29) is 6.10 Å². The van der Waals surface area contributed by atoms with Gasteiger partial charge in [0.05, 0.1) is 24.7 Å². The average Bonchev–Trinajstić information content (AvgIpc) is 2.98. The molecule has 2 aromatic rings. The van der Waals surface area contributed by atoms with Crippen molar-refractivity contribution in [3.8, 4) is 0 Å². The first-order valence-electron chi connectivity index (χ1n) is 8.84. The number of hydrogen-bond acceptors (Lipinski definition) is 6. The van der Waals surface area contributed by atoms with Gasteiger partial charge in [0.1, 0.15) is 11.5 Å². The minimum Gasteiger partial charge on any atom is -0.393 e. The molecule has 0 bridgehead atoms. The number of anilines is 2. The van der Waals surface area contributed by atoms with Crippen LogP contribution in [0.15, 0.2) is 6.07 Å². The van der Waals surface area contributed by atoms with Crippen LogP contribution in [0.5, 0.6) is 0 Å². The summed E-state index contributed by atoms with van der Waals surface area (Å²) in [6.45, 7) is 5.11. The van der Waals surface area contributed by atoms with Gasteiger partial charge in [0.25, 0.3) is 0 Å². The van der Waals surface area contributed by atoms with Gasteiger partial charge in [-0.05, 0) is 38.7 Å². The molecule has 3 N–H and O–H groups in total. The molecule has 1 saturated carbocycles. The molecule has 2 aromatic heterocycles. The highest BCUT2D eigenvalue weighted by molar-refractivity contribution is 5.89. The van der Waals surface area contributed by atoms with Crippen LogP contribution < -0.4 is 10.2 Å². The smallest absolute Gasteiger partial charge is 0.229 e. The fourth-order valence-corrected chi connectivity index (χ4v) is 3.56. The summed E-state index contributed by atoms with van der Waals surface area (Å²) in [5, 5.41) is 14.3. The van der Waals surface area contributed by atoms with E-state index in [1.54, 1.807) is 0 Å². The van der Waals surface area contributed by atoms with Crippen molar-refractivity contribution in [1.29, 1.82) is 0 Å². The topological polar surface area (TPSA) is 86.3 Å². The lowest BCUT2D eigenvalue weighted by Gasteiger charge is -2.29. The first-order valence-corrected chi connectivity index (χ1v) is 8.84. The summed E-state index contributed by atoms with van der Waals surface area (Å²) < 4.78 is 5.43. The number of hydrogen-bond donors (Lipinski definition) is 3. The van der Waals surface area contributed by atoms with Crippen molar-refractivity contribution < 1.29 is 9.84 Å². The van der Waals surface area contributed by atoms with Gasteiger partial charge < -0.3 is 25.0 Å². The number of nitrogens with zero attached hydrogens (tertiary/aromatic N) is 3. The van der Waals surface area contributed by atoms with Crippen LogP contribution in [-0.4, -0.2) is 58.5 Å². The number of rotatable bonds is 3. The van der Waals surface area contributed by atoms with Crippen molar-refractivity contribution >= 4 is 22.8 Å². The molecular formula is C17H25N5O2. The lowest BCUT2D eigenvalue weighted by molar-refractivity contribution is 0.122. The van der Waals surface area contributed by atoms with E-state index in [2.05, 4.69) is 21.3 Å². The minimum absolute atomic E-state index is 0.146. The maximum absolute atomic E-state index is 9.71. The molecule has 0 spiro atoms. The Morgan fingerprint density at radius 2 is 1.96 bits per heavy atom. The number of aliphatic hydroxyl groups is 1. The maximum Gasteiger partial charge on any atom is 0.229 e. The number of aliphatic hydroxyl groups excluding tert-OH is 1. The summed E-state index contributed by atoms with van der Waals surface area (Å²) in [7, 11) is 0. The van der Waals surface area contributed by atoms with Crippen LogP contribution in [0.1, 0.15) is 31.4 Å². The molecule has 4 rings (SSSR count). The summed E-state index contributed by atoms with van der Waals surface area (Å²) in [6, 6.07) is 2.46. The zero-order chi connectivity index (χ0) is 16.5. The zero-order valence-electron chi connectivity index (χ0n) is 14.1. The number of fused-ring (bicyclic) bond motifs is 1. The van der Waals surface area contributed by atoms with E-state index >= 15 is 0 Å². The molecule has 0 atom stereocenters. The van der Waals surface area contributed by atoms with Crippen molar-refractivity contribution in [1.82, 2.24) is 15.0 Å². The van der Waals surface area contributed by atoms with E-state index in [0.717, 1.165) is 67.3 Å². The highest BCUT2D eigenvalue weighted by Crippen LogP contribution is 2.28. The zero-order valence-corrected chi connectivity index (χ0v) is 14.1. The van der Waals surface area contributed by atoms with Crippen molar-refractivity contribution in [2.75, 3.05) is 36.5 Å². The highest BCUT2D eigenvalue weighted by atomic mass is 16.5. The second kappa shape index (κ2) is 6.57. The van der Waals surface area contributed by atoms with E-state index in [0.29, 0.717) is 19.3 Å². The van der Waals surface area contributed by atoms with Crippen molar-refractivity contribution in [2.45, 2.75) is 44.8 Å². The third-order valence-electron chi connectivity index (χ3n) is 4.94. The Morgan fingerprint density at radius 1 is 1.21 bits per heavy atom. The third-order valence-corrected chi connectivity index (χ3v) is 4.94. The second-order valence-corrected chi connectivity index (χ2v) is 6.84. The minimum atomic E-state index is -0.146. The molecule has 0 unspecified atom stereocenters. The van der Waals surface area contributed by atoms with Crippen LogP contribution in [0.25, 0.3) is 11.0 Å². The van der Waals surface area contributed by atoms with Gasteiger partial charge in [-0.15, -0.1) is 0 Å². The number of nitrogens with one attached hydrogen (secondary N) is 2. The fraction of sp³-hybridized carbons (Fsp3) is 0.647. The number of aromatic nitrogens is 3. The molecule has 0 radical (unpaired) electrons. The van der Waals surface area contributed by atoms with Crippen LogP contribution in [0, 0.1) is 6.92 Å². The van der Waals surface area contributed by atoms with E-state index in [1.807, 2.05) is 6.92 Å². The molecule has 1 aliphatic heterocycles. The van der Waals surface area contributed by atoms with Gasteiger partial charge in [-0.2, -0.15) is 9.97 Å². The van der Waals surface area contributed by atoms with Gasteiger partial charge in [0.15, 0.2) is 0 Å². The fourth-order valence-electron chi connectivity index (χ4n) is 3.56. The standard InChI is InChI=1S/C17H25N5O2/c1-11-10-14-15(18-11)20-17(22-6-8-24-9-7-22)21-16(14)19-12-2-4-13(23)5-3-12/h10,12-13,23H,2-9H2,1H3,(H2,18,19,20,21). The summed E-state index contributed by atoms with van der Waals surface area (Å²) in [4.78, 5) is 15.0. The molecule has 130 valence electrons. The summed E-state index contributed by atoms with van der Waals surface area (Å²) in [5.74, 6) is 1.65. The average molecular weight is 331 g/mol. The number of aryl methyl sites for hydroxylation is 1. The van der Waals surface area contributed by atoms with Gasteiger partial charge in [-0.25, -0.2) is 0 Å². The molecule has 3 heterocycles. The Bertz CT molecular complexity index is 702. The Labute approximate surface area is 141 Å². The van der Waals surface area contributed by atoms with Crippen LogP contribution in [-0.2, 0) is 4.74 Å². The van der Waals surface area contributed by atoms with Gasteiger partial charge in [-0.3, -0.25) is 0 Å². The Balaban J connectivity index is 1.64. The predicted octanol–water partition coefficient (Wildman–Crippen LogP) is 1.82. The first-order chi connectivity index (χ1) is 11.7. The lowest BCUT2D eigenvalue weighted by atomic mass is 9.93.